The molecule has 6 nitrogen and oxygen atoms in total. The molecule has 0 unspecified atom stereocenters. The molecule has 0 atom stereocenters. The highest BCUT2D eigenvalue weighted by Gasteiger charge is 2.22. The monoisotopic (exact) mass is 212 g/mol. The van der Waals surface area contributed by atoms with Gasteiger partial charge >= 0.3 is 11.9 Å². The van der Waals surface area contributed by atoms with Gasteiger partial charge in [-0.05, 0) is 6.92 Å². The molecule has 0 N–H and O–H groups in total. The molecule has 0 aliphatic carbocycles. The zero-order valence-electron chi connectivity index (χ0n) is 8.81. The van der Waals surface area contributed by atoms with Gasteiger partial charge in [0.2, 0.25) is 0 Å². The number of ether oxygens (including phenoxy) is 2. The molecule has 0 saturated heterocycles. The van der Waals surface area contributed by atoms with Crippen LogP contribution in [0.15, 0.2) is 6.20 Å². The van der Waals surface area contributed by atoms with Crippen LogP contribution in [-0.4, -0.2) is 35.9 Å². The Morgan fingerprint density at radius 3 is 2.40 bits per heavy atom. The largest absolute Gasteiger partial charge is 0.465 e. The smallest absolute Gasteiger partial charge is 0.359 e. The fourth-order valence-corrected chi connectivity index (χ4v) is 1.09. The molecule has 0 fully saturated rings. The Balaban J connectivity index is 3.17. The first-order valence-corrected chi connectivity index (χ1v) is 4.38. The summed E-state index contributed by atoms with van der Waals surface area (Å²) >= 11 is 0. The predicted octanol–water partition coefficient (Wildman–Crippen LogP) is 0.476. The van der Waals surface area contributed by atoms with Gasteiger partial charge in [-0.2, -0.15) is 5.10 Å². The lowest BCUT2D eigenvalue weighted by atomic mass is 10.2. The normalized spacial score (nSPS) is 9.80. The van der Waals surface area contributed by atoms with Crippen LogP contribution in [0, 0.1) is 0 Å². The number of methoxy groups -OCH3 is 2. The zero-order valence-corrected chi connectivity index (χ0v) is 8.81. The maximum absolute atomic E-state index is 11.3. The van der Waals surface area contributed by atoms with Gasteiger partial charge in [-0.1, -0.05) is 0 Å². The van der Waals surface area contributed by atoms with E-state index in [1.807, 2.05) is 6.92 Å². The minimum Gasteiger partial charge on any atom is -0.465 e. The third kappa shape index (κ3) is 2.15. The van der Waals surface area contributed by atoms with Crippen LogP contribution in [0.1, 0.15) is 27.8 Å². The van der Waals surface area contributed by atoms with Crippen molar-refractivity contribution in [2.75, 3.05) is 14.2 Å². The second kappa shape index (κ2) is 4.59. The number of aromatic nitrogens is 2. The fourth-order valence-electron chi connectivity index (χ4n) is 1.09. The van der Waals surface area contributed by atoms with Gasteiger partial charge in [0, 0.05) is 12.7 Å². The molecule has 0 saturated carbocycles. The van der Waals surface area contributed by atoms with Crippen LogP contribution < -0.4 is 0 Å². The summed E-state index contributed by atoms with van der Waals surface area (Å²) in [7, 11) is 2.47. The van der Waals surface area contributed by atoms with Crippen LogP contribution in [0.2, 0.25) is 0 Å². The van der Waals surface area contributed by atoms with Crippen molar-refractivity contribution in [3.63, 3.8) is 0 Å². The highest BCUT2D eigenvalue weighted by molar-refractivity contribution is 6.01. The summed E-state index contributed by atoms with van der Waals surface area (Å²) in [6.07, 6.45) is 1.46. The lowest BCUT2D eigenvalue weighted by Gasteiger charge is -1.97. The Labute approximate surface area is 86.8 Å². The molecule has 0 bridgehead atoms. The Hall–Kier alpha value is -1.85. The van der Waals surface area contributed by atoms with Crippen LogP contribution in [0.4, 0.5) is 0 Å². The van der Waals surface area contributed by atoms with E-state index in [9.17, 15) is 9.59 Å². The summed E-state index contributed by atoms with van der Waals surface area (Å²) in [6.45, 7) is 2.40. The summed E-state index contributed by atoms with van der Waals surface area (Å²) < 4.78 is 10.5. The topological polar surface area (TPSA) is 70.4 Å². The number of carbonyl (C=O) groups excluding carboxylic acids is 2. The van der Waals surface area contributed by atoms with Crippen molar-refractivity contribution >= 4 is 11.9 Å². The first kappa shape index (κ1) is 11.2. The number of aryl methyl sites for hydroxylation is 1. The maximum atomic E-state index is 11.3. The molecule has 1 aromatic heterocycles. The van der Waals surface area contributed by atoms with Crippen LogP contribution in [0.3, 0.4) is 0 Å². The average molecular weight is 212 g/mol. The molecule has 1 rings (SSSR count). The number of rotatable bonds is 3. The van der Waals surface area contributed by atoms with E-state index < -0.39 is 11.9 Å². The van der Waals surface area contributed by atoms with Gasteiger partial charge in [-0.3, -0.25) is 4.68 Å². The van der Waals surface area contributed by atoms with E-state index in [1.165, 1.54) is 25.1 Å². The van der Waals surface area contributed by atoms with Gasteiger partial charge in [0.25, 0.3) is 0 Å². The Morgan fingerprint density at radius 1 is 1.33 bits per heavy atom. The van der Waals surface area contributed by atoms with Gasteiger partial charge in [-0.15, -0.1) is 0 Å². The van der Waals surface area contributed by atoms with Gasteiger partial charge in [0.15, 0.2) is 5.69 Å². The quantitative estimate of drug-likeness (QED) is 0.681. The average Bonchev–Trinajstić information content (AvgIpc) is 2.70. The van der Waals surface area contributed by atoms with Crippen LogP contribution in [0.25, 0.3) is 0 Å². The molecule has 0 radical (unpaired) electrons. The third-order valence-electron chi connectivity index (χ3n) is 1.87. The molecule has 0 amide bonds. The van der Waals surface area contributed by atoms with Gasteiger partial charge in [0.1, 0.15) is 5.56 Å². The van der Waals surface area contributed by atoms with Crippen molar-refractivity contribution in [1.82, 2.24) is 9.78 Å². The third-order valence-corrected chi connectivity index (χ3v) is 1.87. The van der Waals surface area contributed by atoms with Crippen LogP contribution in [0.5, 0.6) is 0 Å². The standard InChI is InChI=1S/C9H12N2O4/c1-4-11-5-6(8(12)14-2)7(10-11)9(13)15-3/h5H,4H2,1-3H3. The highest BCUT2D eigenvalue weighted by atomic mass is 16.5. The van der Waals surface area contributed by atoms with Gasteiger partial charge in [0.05, 0.1) is 14.2 Å². The number of hydrogen-bond acceptors (Lipinski definition) is 5. The zero-order chi connectivity index (χ0) is 11.4. The van der Waals surface area contributed by atoms with Crippen molar-refractivity contribution in [2.24, 2.45) is 0 Å². The summed E-state index contributed by atoms with van der Waals surface area (Å²) in [5.74, 6) is -1.25. The second-order valence-corrected chi connectivity index (χ2v) is 2.73. The highest BCUT2D eigenvalue weighted by Crippen LogP contribution is 2.09. The molecule has 1 aromatic rings. The summed E-state index contributed by atoms with van der Waals surface area (Å²) in [6, 6.07) is 0. The predicted molar refractivity (Wildman–Crippen MR) is 50.6 cm³/mol. The van der Waals surface area contributed by atoms with E-state index >= 15 is 0 Å². The van der Waals surface area contributed by atoms with E-state index in [0.717, 1.165) is 0 Å². The van der Waals surface area contributed by atoms with Crippen molar-refractivity contribution in [3.05, 3.63) is 17.5 Å². The Bertz CT molecular complexity index is 350. The summed E-state index contributed by atoms with van der Waals surface area (Å²) in [5.41, 5.74) is 0.0948. The second-order valence-electron chi connectivity index (χ2n) is 2.73. The molecular formula is C9H12N2O4. The molecule has 0 aliphatic heterocycles. The number of nitrogens with zero attached hydrogens (tertiary/aromatic N) is 2. The minimum absolute atomic E-state index is 0.0220. The molecule has 15 heavy (non-hydrogen) atoms. The van der Waals surface area contributed by atoms with Crippen LogP contribution >= 0.6 is 0 Å². The number of hydrogen-bond donors (Lipinski definition) is 0. The van der Waals surface area contributed by atoms with Gasteiger partial charge < -0.3 is 9.47 Å². The Morgan fingerprint density at radius 2 is 1.93 bits per heavy atom. The molecule has 82 valence electrons. The van der Waals surface area contributed by atoms with Gasteiger partial charge in [-0.25, -0.2) is 9.59 Å². The first-order valence-electron chi connectivity index (χ1n) is 4.38. The molecular weight excluding hydrogens is 200 g/mol. The van der Waals surface area contributed by atoms with Crippen molar-refractivity contribution in [3.8, 4) is 0 Å². The van der Waals surface area contributed by atoms with E-state index in [1.54, 1.807) is 0 Å². The van der Waals surface area contributed by atoms with E-state index in [0.29, 0.717) is 6.54 Å². The van der Waals surface area contributed by atoms with E-state index in [-0.39, 0.29) is 11.3 Å². The van der Waals surface area contributed by atoms with E-state index in [2.05, 4.69) is 14.6 Å². The molecule has 6 heteroatoms. The summed E-state index contributed by atoms with van der Waals surface area (Å²) in [4.78, 5) is 22.6. The number of carbonyl (C=O) groups is 2. The minimum atomic E-state index is -0.650. The van der Waals surface area contributed by atoms with Crippen molar-refractivity contribution in [2.45, 2.75) is 13.5 Å². The SMILES string of the molecule is CCn1cc(C(=O)OC)c(C(=O)OC)n1. The van der Waals surface area contributed by atoms with Crippen molar-refractivity contribution < 1.29 is 19.1 Å². The first-order chi connectivity index (χ1) is 7.13. The van der Waals surface area contributed by atoms with E-state index in [4.69, 9.17) is 0 Å². The number of esters is 2. The van der Waals surface area contributed by atoms with Crippen molar-refractivity contribution in [1.29, 1.82) is 0 Å². The summed E-state index contributed by atoms with van der Waals surface area (Å²) in [5, 5.41) is 3.91. The molecule has 0 aliphatic rings. The Kier molecular flexibility index (Phi) is 3.43. The lowest BCUT2D eigenvalue weighted by molar-refractivity contribution is 0.0551. The fraction of sp³-hybridized carbons (Fsp3) is 0.444. The molecule has 0 spiro atoms. The van der Waals surface area contributed by atoms with Crippen LogP contribution in [-0.2, 0) is 16.0 Å². The molecule has 0 aromatic carbocycles. The molecule has 1 heterocycles. The maximum Gasteiger partial charge on any atom is 0.359 e. The lowest BCUT2D eigenvalue weighted by Crippen LogP contribution is -2.10.